The predicted molar refractivity (Wildman–Crippen MR) is 126 cm³/mol. The topological polar surface area (TPSA) is 97.8 Å². The Kier molecular flexibility index (Phi) is 5.81. The third-order valence-electron chi connectivity index (χ3n) is 5.72. The van der Waals surface area contributed by atoms with Crippen LogP contribution in [0.5, 0.6) is 11.5 Å². The summed E-state index contributed by atoms with van der Waals surface area (Å²) in [6.07, 6.45) is 1.71. The van der Waals surface area contributed by atoms with E-state index in [1.54, 1.807) is 19.1 Å². The smallest absolute Gasteiger partial charge is 0.257 e. The summed E-state index contributed by atoms with van der Waals surface area (Å²) in [4.78, 5) is 17.6. The minimum Gasteiger partial charge on any atom is -0.486 e. The Morgan fingerprint density at radius 2 is 1.82 bits per heavy atom. The van der Waals surface area contributed by atoms with Gasteiger partial charge >= 0.3 is 0 Å². The zero-order chi connectivity index (χ0) is 23.0. The van der Waals surface area contributed by atoms with Crippen molar-refractivity contribution in [3.05, 3.63) is 52.9 Å². The highest BCUT2D eigenvalue weighted by molar-refractivity contribution is 7.89. The van der Waals surface area contributed by atoms with E-state index in [0.717, 1.165) is 18.4 Å². The van der Waals surface area contributed by atoms with Crippen LogP contribution in [0.15, 0.2) is 46.7 Å². The average molecular weight is 486 g/mol. The Bertz CT molecular complexity index is 1310. The molecule has 0 saturated carbocycles. The molecular formula is C23H23N3O5S2. The molecule has 8 nitrogen and oxygen atoms in total. The van der Waals surface area contributed by atoms with Crippen LogP contribution in [-0.2, 0) is 10.0 Å². The maximum absolute atomic E-state index is 13.0. The Balaban J connectivity index is 1.36. The van der Waals surface area contributed by atoms with Crippen molar-refractivity contribution in [2.24, 2.45) is 0 Å². The summed E-state index contributed by atoms with van der Waals surface area (Å²) in [5.74, 6) is 0.978. The molecule has 0 radical (unpaired) electrons. The lowest BCUT2D eigenvalue weighted by atomic mass is 10.1. The van der Waals surface area contributed by atoms with Gasteiger partial charge in [0, 0.05) is 29.6 Å². The van der Waals surface area contributed by atoms with E-state index in [4.69, 9.17) is 9.47 Å². The van der Waals surface area contributed by atoms with E-state index in [1.807, 2.05) is 23.6 Å². The number of amides is 1. The number of carbonyl (C=O) groups excluding carboxylic acids is 1. The van der Waals surface area contributed by atoms with E-state index >= 15 is 0 Å². The molecule has 0 bridgehead atoms. The fraction of sp³-hybridized carbons (Fsp3) is 0.304. The van der Waals surface area contributed by atoms with Crippen LogP contribution in [0, 0.1) is 6.92 Å². The molecule has 3 heterocycles. The van der Waals surface area contributed by atoms with Gasteiger partial charge in [0.05, 0.1) is 10.6 Å². The number of nitrogens with one attached hydrogen (secondary N) is 1. The summed E-state index contributed by atoms with van der Waals surface area (Å²) in [6.45, 7) is 3.84. The van der Waals surface area contributed by atoms with E-state index in [-0.39, 0.29) is 4.90 Å². The van der Waals surface area contributed by atoms with Crippen molar-refractivity contribution in [1.29, 1.82) is 0 Å². The molecule has 172 valence electrons. The lowest BCUT2D eigenvalue weighted by Crippen LogP contribution is -2.28. The number of aryl methyl sites for hydroxylation is 1. The van der Waals surface area contributed by atoms with Crippen LogP contribution in [-0.4, -0.2) is 49.9 Å². The summed E-state index contributed by atoms with van der Waals surface area (Å²) in [5, 5.41) is 5.08. The molecule has 2 aromatic carbocycles. The summed E-state index contributed by atoms with van der Waals surface area (Å²) in [5.41, 5.74) is 2.56. The van der Waals surface area contributed by atoms with E-state index < -0.39 is 15.9 Å². The van der Waals surface area contributed by atoms with E-state index in [9.17, 15) is 13.2 Å². The standard InChI is InChI=1S/C23H23N3O5S2/c1-15-4-6-17(33(28,29)26-8-2-3-9-26)13-18(15)22(27)25-23-24-19(14-32-23)16-5-7-20-21(12-16)31-11-10-30-20/h4-7,12-14H,2-3,8-11H2,1H3,(H,24,25,27). The molecular weight excluding hydrogens is 462 g/mol. The number of ether oxygens (including phenoxy) is 2. The molecule has 1 amide bonds. The minimum atomic E-state index is -3.61. The number of rotatable bonds is 5. The molecule has 1 aromatic heterocycles. The van der Waals surface area contributed by atoms with Crippen LogP contribution in [0.1, 0.15) is 28.8 Å². The molecule has 2 aliphatic rings. The van der Waals surface area contributed by atoms with E-state index in [2.05, 4.69) is 10.3 Å². The molecule has 3 aromatic rings. The van der Waals surface area contributed by atoms with Gasteiger partial charge in [-0.25, -0.2) is 13.4 Å². The highest BCUT2D eigenvalue weighted by atomic mass is 32.2. The fourth-order valence-corrected chi connectivity index (χ4v) is 6.17. The minimum absolute atomic E-state index is 0.135. The highest BCUT2D eigenvalue weighted by Crippen LogP contribution is 2.35. The maximum Gasteiger partial charge on any atom is 0.257 e. The molecule has 0 atom stereocenters. The van der Waals surface area contributed by atoms with Crippen molar-refractivity contribution >= 4 is 32.4 Å². The van der Waals surface area contributed by atoms with Crippen LogP contribution < -0.4 is 14.8 Å². The van der Waals surface area contributed by atoms with Crippen molar-refractivity contribution in [2.75, 3.05) is 31.6 Å². The van der Waals surface area contributed by atoms with Gasteiger partial charge in [0.15, 0.2) is 16.6 Å². The number of nitrogens with zero attached hydrogens (tertiary/aromatic N) is 2. The second kappa shape index (κ2) is 8.77. The number of fused-ring (bicyclic) bond motifs is 1. The average Bonchev–Trinajstić information content (AvgIpc) is 3.52. The first-order valence-electron chi connectivity index (χ1n) is 10.7. The van der Waals surface area contributed by atoms with Crippen molar-refractivity contribution in [3.8, 4) is 22.8 Å². The van der Waals surface area contributed by atoms with Crippen LogP contribution in [0.2, 0.25) is 0 Å². The van der Waals surface area contributed by atoms with Crippen molar-refractivity contribution < 1.29 is 22.7 Å². The quantitative estimate of drug-likeness (QED) is 0.588. The first kappa shape index (κ1) is 21.9. The number of hydrogen-bond acceptors (Lipinski definition) is 7. The van der Waals surface area contributed by atoms with Gasteiger partial charge in [-0.05, 0) is 55.7 Å². The Morgan fingerprint density at radius 3 is 2.61 bits per heavy atom. The van der Waals surface area contributed by atoms with Crippen LogP contribution in [0.4, 0.5) is 5.13 Å². The second-order valence-electron chi connectivity index (χ2n) is 7.94. The number of thiazole rings is 1. The third kappa shape index (κ3) is 4.33. The first-order chi connectivity index (χ1) is 15.9. The van der Waals surface area contributed by atoms with Gasteiger partial charge in [0.25, 0.3) is 5.91 Å². The van der Waals surface area contributed by atoms with Crippen molar-refractivity contribution in [1.82, 2.24) is 9.29 Å². The van der Waals surface area contributed by atoms with Crippen LogP contribution in [0.3, 0.4) is 0 Å². The normalized spacial score (nSPS) is 16.0. The predicted octanol–water partition coefficient (Wildman–Crippen LogP) is 3.93. The zero-order valence-electron chi connectivity index (χ0n) is 18.0. The molecule has 1 N–H and O–H groups in total. The number of benzene rings is 2. The van der Waals surface area contributed by atoms with Gasteiger partial charge in [-0.3, -0.25) is 10.1 Å². The number of carbonyl (C=O) groups is 1. The number of aromatic nitrogens is 1. The lowest BCUT2D eigenvalue weighted by Gasteiger charge is -2.18. The monoisotopic (exact) mass is 485 g/mol. The summed E-state index contributed by atoms with van der Waals surface area (Å²) < 4.78 is 38.5. The number of sulfonamides is 1. The Labute approximate surface area is 196 Å². The Hall–Kier alpha value is -2.95. The van der Waals surface area contributed by atoms with Gasteiger partial charge < -0.3 is 9.47 Å². The van der Waals surface area contributed by atoms with Crippen LogP contribution >= 0.6 is 11.3 Å². The number of anilines is 1. The molecule has 2 aliphatic heterocycles. The van der Waals surface area contributed by atoms with Crippen molar-refractivity contribution in [3.63, 3.8) is 0 Å². The van der Waals surface area contributed by atoms with Gasteiger partial charge in [-0.2, -0.15) is 4.31 Å². The molecule has 10 heteroatoms. The maximum atomic E-state index is 13.0. The summed E-state index contributed by atoms with van der Waals surface area (Å²) in [7, 11) is -3.61. The molecule has 5 rings (SSSR count). The summed E-state index contributed by atoms with van der Waals surface area (Å²) in [6, 6.07) is 10.3. The van der Waals surface area contributed by atoms with Gasteiger partial charge in [-0.15, -0.1) is 11.3 Å². The van der Waals surface area contributed by atoms with Crippen molar-refractivity contribution in [2.45, 2.75) is 24.7 Å². The first-order valence-corrected chi connectivity index (χ1v) is 13.0. The third-order valence-corrected chi connectivity index (χ3v) is 8.37. The lowest BCUT2D eigenvalue weighted by molar-refractivity contribution is 0.102. The molecule has 1 fully saturated rings. The number of hydrogen-bond donors (Lipinski definition) is 1. The highest BCUT2D eigenvalue weighted by Gasteiger charge is 2.28. The van der Waals surface area contributed by atoms with E-state index in [0.29, 0.717) is 59.8 Å². The molecule has 33 heavy (non-hydrogen) atoms. The van der Waals surface area contributed by atoms with E-state index in [1.165, 1.54) is 21.7 Å². The SMILES string of the molecule is Cc1ccc(S(=O)(=O)N2CCCC2)cc1C(=O)Nc1nc(-c2ccc3c(c2)OCCO3)cs1. The van der Waals surface area contributed by atoms with Gasteiger partial charge in [-0.1, -0.05) is 6.07 Å². The second-order valence-corrected chi connectivity index (χ2v) is 10.7. The summed E-state index contributed by atoms with van der Waals surface area (Å²) >= 11 is 1.30. The molecule has 0 unspecified atom stereocenters. The fourth-order valence-electron chi connectivity index (χ4n) is 3.91. The zero-order valence-corrected chi connectivity index (χ0v) is 19.7. The Morgan fingerprint density at radius 1 is 1.06 bits per heavy atom. The molecule has 0 spiro atoms. The molecule has 1 saturated heterocycles. The molecule has 0 aliphatic carbocycles. The van der Waals surface area contributed by atoms with Gasteiger partial charge in [0.1, 0.15) is 13.2 Å². The van der Waals surface area contributed by atoms with Crippen LogP contribution in [0.25, 0.3) is 11.3 Å². The van der Waals surface area contributed by atoms with Gasteiger partial charge in [0.2, 0.25) is 10.0 Å². The largest absolute Gasteiger partial charge is 0.486 e.